The van der Waals surface area contributed by atoms with Crippen molar-refractivity contribution in [2.45, 2.75) is 6.18 Å². The van der Waals surface area contributed by atoms with Crippen LogP contribution < -0.4 is 11.5 Å². The smallest absolute Gasteiger partial charge is 0.383 e. The first-order chi connectivity index (χ1) is 10.4. The molecule has 22 heavy (non-hydrogen) atoms. The van der Waals surface area contributed by atoms with Crippen LogP contribution in [0.4, 0.5) is 24.9 Å². The van der Waals surface area contributed by atoms with E-state index < -0.39 is 11.7 Å². The summed E-state index contributed by atoms with van der Waals surface area (Å²) >= 11 is 0. The lowest BCUT2D eigenvalue weighted by Crippen LogP contribution is -2.04. The number of aromatic nitrogens is 2. The minimum absolute atomic E-state index is 0.0505. The highest BCUT2D eigenvalue weighted by Gasteiger charge is 2.30. The molecule has 0 saturated carbocycles. The lowest BCUT2D eigenvalue weighted by Gasteiger charge is -2.11. The van der Waals surface area contributed by atoms with Crippen LogP contribution >= 0.6 is 0 Å². The summed E-state index contributed by atoms with van der Waals surface area (Å²) in [4.78, 5) is 8.00. The van der Waals surface area contributed by atoms with Crippen LogP contribution in [0, 0.1) is 0 Å². The summed E-state index contributed by atoms with van der Waals surface area (Å²) in [6.45, 7) is 0. The van der Waals surface area contributed by atoms with Gasteiger partial charge in [0.2, 0.25) is 5.95 Å². The van der Waals surface area contributed by atoms with Gasteiger partial charge >= 0.3 is 6.18 Å². The van der Waals surface area contributed by atoms with Crippen LogP contribution in [0.15, 0.2) is 42.5 Å². The van der Waals surface area contributed by atoms with Gasteiger partial charge in [0.15, 0.2) is 0 Å². The maximum Gasteiger partial charge on any atom is 0.416 e. The molecule has 0 atom stereocenters. The van der Waals surface area contributed by atoms with Gasteiger partial charge in [0.25, 0.3) is 0 Å². The number of alkyl halides is 3. The molecule has 112 valence electrons. The van der Waals surface area contributed by atoms with Crippen molar-refractivity contribution in [2.75, 3.05) is 11.5 Å². The van der Waals surface area contributed by atoms with Gasteiger partial charge < -0.3 is 11.5 Å². The number of fused-ring (bicyclic) bond motifs is 1. The van der Waals surface area contributed by atoms with Crippen molar-refractivity contribution in [3.63, 3.8) is 0 Å². The zero-order valence-electron chi connectivity index (χ0n) is 11.2. The number of hydrogen-bond donors (Lipinski definition) is 2. The highest BCUT2D eigenvalue weighted by Crippen LogP contribution is 2.34. The average Bonchev–Trinajstić information content (AvgIpc) is 2.45. The first-order valence-corrected chi connectivity index (χ1v) is 6.35. The molecule has 0 bridgehead atoms. The number of nitrogens with zero attached hydrogens (tertiary/aromatic N) is 2. The van der Waals surface area contributed by atoms with Gasteiger partial charge in [-0.3, -0.25) is 0 Å². The van der Waals surface area contributed by atoms with E-state index >= 15 is 0 Å². The van der Waals surface area contributed by atoms with Gasteiger partial charge in [0, 0.05) is 0 Å². The summed E-state index contributed by atoms with van der Waals surface area (Å²) < 4.78 is 37.9. The standard InChI is InChI=1S/C15H11F3N4/c16-15(17,18)9-6-4-8(5-7-9)10-2-1-3-11-12(10)13(19)22-14(20)21-11/h1-7H,(H4,19,20,21,22). The number of rotatable bonds is 1. The quantitative estimate of drug-likeness (QED) is 0.721. The largest absolute Gasteiger partial charge is 0.416 e. The number of nitrogen functional groups attached to an aromatic ring is 2. The Morgan fingerprint density at radius 2 is 1.55 bits per heavy atom. The van der Waals surface area contributed by atoms with Gasteiger partial charge in [-0.15, -0.1) is 0 Å². The van der Waals surface area contributed by atoms with Crippen LogP contribution in [0.25, 0.3) is 22.0 Å². The second-order valence-corrected chi connectivity index (χ2v) is 4.74. The van der Waals surface area contributed by atoms with Gasteiger partial charge in [-0.05, 0) is 29.3 Å². The first-order valence-electron chi connectivity index (χ1n) is 6.35. The Hall–Kier alpha value is -2.83. The van der Waals surface area contributed by atoms with E-state index in [2.05, 4.69) is 9.97 Å². The Morgan fingerprint density at radius 1 is 0.864 bits per heavy atom. The Kier molecular flexibility index (Phi) is 3.13. The molecule has 0 amide bonds. The molecule has 0 radical (unpaired) electrons. The van der Waals surface area contributed by atoms with Gasteiger partial charge in [0.1, 0.15) is 5.82 Å². The van der Waals surface area contributed by atoms with Crippen molar-refractivity contribution in [3.05, 3.63) is 48.0 Å². The summed E-state index contributed by atoms with van der Waals surface area (Å²) in [6.07, 6.45) is -4.37. The van der Waals surface area contributed by atoms with Gasteiger partial charge in [-0.25, -0.2) is 4.98 Å². The maximum atomic E-state index is 12.6. The Morgan fingerprint density at radius 3 is 2.18 bits per heavy atom. The number of benzene rings is 2. The third kappa shape index (κ3) is 2.41. The predicted octanol–water partition coefficient (Wildman–Crippen LogP) is 3.48. The van der Waals surface area contributed by atoms with Crippen molar-refractivity contribution < 1.29 is 13.2 Å². The second kappa shape index (κ2) is 4.87. The molecule has 0 aliphatic carbocycles. The number of halogens is 3. The molecule has 0 fully saturated rings. The fourth-order valence-electron chi connectivity index (χ4n) is 2.31. The van der Waals surface area contributed by atoms with Gasteiger partial charge in [-0.2, -0.15) is 18.2 Å². The molecule has 7 heteroatoms. The zero-order valence-corrected chi connectivity index (χ0v) is 11.2. The molecule has 2 aromatic carbocycles. The lowest BCUT2D eigenvalue weighted by atomic mass is 9.99. The third-order valence-electron chi connectivity index (χ3n) is 3.29. The molecular formula is C15H11F3N4. The molecule has 1 aromatic heterocycles. The van der Waals surface area contributed by atoms with E-state index in [-0.39, 0.29) is 11.8 Å². The minimum atomic E-state index is -4.37. The molecule has 1 heterocycles. The predicted molar refractivity (Wildman–Crippen MR) is 78.8 cm³/mol. The summed E-state index contributed by atoms with van der Waals surface area (Å²) in [7, 11) is 0. The molecule has 0 aliphatic rings. The first kappa shape index (κ1) is 14.1. The van der Waals surface area contributed by atoms with Crippen molar-refractivity contribution >= 4 is 22.7 Å². The van der Waals surface area contributed by atoms with E-state index in [1.807, 2.05) is 0 Å². The van der Waals surface area contributed by atoms with Crippen molar-refractivity contribution in [3.8, 4) is 11.1 Å². The zero-order chi connectivity index (χ0) is 15.9. The van der Waals surface area contributed by atoms with Crippen molar-refractivity contribution in [1.82, 2.24) is 9.97 Å². The molecule has 4 nitrogen and oxygen atoms in total. The average molecular weight is 304 g/mol. The Bertz CT molecular complexity index is 842. The lowest BCUT2D eigenvalue weighted by molar-refractivity contribution is -0.137. The summed E-state index contributed by atoms with van der Waals surface area (Å²) in [5.41, 5.74) is 12.5. The maximum absolute atomic E-state index is 12.6. The Labute approximate surface area is 123 Å². The van der Waals surface area contributed by atoms with E-state index in [0.717, 1.165) is 12.1 Å². The van der Waals surface area contributed by atoms with Crippen molar-refractivity contribution in [2.24, 2.45) is 0 Å². The molecule has 0 spiro atoms. The topological polar surface area (TPSA) is 77.8 Å². The molecule has 3 aromatic rings. The van der Waals surface area contributed by atoms with E-state index in [1.54, 1.807) is 18.2 Å². The van der Waals surface area contributed by atoms with Crippen LogP contribution in [-0.4, -0.2) is 9.97 Å². The van der Waals surface area contributed by atoms with Crippen LogP contribution in [0.5, 0.6) is 0 Å². The summed E-state index contributed by atoms with van der Waals surface area (Å²) in [6, 6.07) is 10.1. The molecular weight excluding hydrogens is 293 g/mol. The van der Waals surface area contributed by atoms with Crippen molar-refractivity contribution in [1.29, 1.82) is 0 Å². The molecule has 4 N–H and O–H groups in total. The molecule has 0 saturated heterocycles. The van der Waals surface area contributed by atoms with Crippen LogP contribution in [0.1, 0.15) is 5.56 Å². The highest BCUT2D eigenvalue weighted by molar-refractivity contribution is 6.01. The molecule has 0 aliphatic heterocycles. The minimum Gasteiger partial charge on any atom is -0.383 e. The van der Waals surface area contributed by atoms with Crippen LogP contribution in [-0.2, 0) is 6.18 Å². The van der Waals surface area contributed by atoms with Gasteiger partial charge in [0.05, 0.1) is 16.5 Å². The van der Waals surface area contributed by atoms with Crippen LogP contribution in [0.3, 0.4) is 0 Å². The summed E-state index contributed by atoms with van der Waals surface area (Å²) in [5, 5.41) is 0.566. The Balaban J connectivity index is 2.18. The fourth-order valence-corrected chi connectivity index (χ4v) is 2.31. The molecule has 3 rings (SSSR count). The third-order valence-corrected chi connectivity index (χ3v) is 3.29. The fraction of sp³-hybridized carbons (Fsp3) is 0.0667. The van der Waals surface area contributed by atoms with E-state index in [0.29, 0.717) is 22.0 Å². The monoisotopic (exact) mass is 304 g/mol. The van der Waals surface area contributed by atoms with E-state index in [4.69, 9.17) is 11.5 Å². The van der Waals surface area contributed by atoms with Crippen LogP contribution in [0.2, 0.25) is 0 Å². The normalized spacial score (nSPS) is 11.8. The van der Waals surface area contributed by atoms with Gasteiger partial charge in [-0.1, -0.05) is 24.3 Å². The number of nitrogens with two attached hydrogens (primary N) is 2. The van der Waals surface area contributed by atoms with E-state index in [9.17, 15) is 13.2 Å². The second-order valence-electron chi connectivity index (χ2n) is 4.74. The summed E-state index contributed by atoms with van der Waals surface area (Å²) in [5.74, 6) is 0.243. The SMILES string of the molecule is Nc1nc(N)c2c(-c3ccc(C(F)(F)F)cc3)cccc2n1. The molecule has 0 unspecified atom stereocenters. The number of anilines is 2. The highest BCUT2D eigenvalue weighted by atomic mass is 19.4. The van der Waals surface area contributed by atoms with E-state index in [1.165, 1.54) is 12.1 Å². The number of hydrogen-bond acceptors (Lipinski definition) is 4.